The molecule has 0 bridgehead atoms. The number of rotatable bonds is 3. The third-order valence-corrected chi connectivity index (χ3v) is 5.28. The average molecular weight is 369 g/mol. The van der Waals surface area contributed by atoms with Gasteiger partial charge < -0.3 is 14.4 Å². The van der Waals surface area contributed by atoms with Gasteiger partial charge in [-0.15, -0.1) is 0 Å². The first-order valence-electron chi connectivity index (χ1n) is 9.27. The summed E-state index contributed by atoms with van der Waals surface area (Å²) in [5.74, 6) is 1.06. The van der Waals surface area contributed by atoms with Crippen molar-refractivity contribution in [2.24, 2.45) is 0 Å². The van der Waals surface area contributed by atoms with Crippen LogP contribution in [0.3, 0.4) is 0 Å². The third kappa shape index (κ3) is 2.52. The molecular weight excluding hydrogens is 350 g/mol. The Bertz CT molecular complexity index is 1230. The molecule has 4 aromatic rings. The largest absolute Gasteiger partial charge is 0.438 e. The number of hydrogen-bond donors (Lipinski definition) is 2. The molecule has 5 heteroatoms. The number of benzene rings is 3. The van der Waals surface area contributed by atoms with Crippen molar-refractivity contribution in [3.63, 3.8) is 0 Å². The van der Waals surface area contributed by atoms with Crippen LogP contribution in [0.4, 0.5) is 0 Å². The lowest BCUT2D eigenvalue weighted by molar-refractivity contribution is 0.271. The molecule has 0 saturated heterocycles. The van der Waals surface area contributed by atoms with Crippen molar-refractivity contribution in [3.05, 3.63) is 95.2 Å². The monoisotopic (exact) mass is 369 g/mol. The smallest absolute Gasteiger partial charge is 0.228 e. The van der Waals surface area contributed by atoms with E-state index in [-0.39, 0.29) is 12.5 Å². The molecule has 1 aliphatic heterocycles. The zero-order valence-corrected chi connectivity index (χ0v) is 15.2. The van der Waals surface area contributed by atoms with Crippen molar-refractivity contribution in [2.75, 3.05) is 6.61 Å². The summed E-state index contributed by atoms with van der Waals surface area (Å²) in [4.78, 5) is 4.46. The van der Waals surface area contributed by atoms with Gasteiger partial charge in [0.2, 0.25) is 5.88 Å². The number of aromatic nitrogens is 2. The second kappa shape index (κ2) is 6.62. The summed E-state index contributed by atoms with van der Waals surface area (Å²) in [6, 6.07) is 22.4. The SMILES string of the molecule is N=c1c2c(ncn1CCO)Oc1ccc3ccccc3c1C2c1ccccc1. The molecule has 28 heavy (non-hydrogen) atoms. The number of aliphatic hydroxyl groups is 1. The second-order valence-electron chi connectivity index (χ2n) is 6.87. The molecule has 0 saturated carbocycles. The van der Waals surface area contributed by atoms with Crippen LogP contribution < -0.4 is 10.2 Å². The van der Waals surface area contributed by atoms with E-state index >= 15 is 0 Å². The highest BCUT2D eigenvalue weighted by Crippen LogP contribution is 2.47. The van der Waals surface area contributed by atoms with E-state index < -0.39 is 0 Å². The summed E-state index contributed by atoms with van der Waals surface area (Å²) in [5.41, 5.74) is 3.17. The van der Waals surface area contributed by atoms with Gasteiger partial charge in [-0.2, -0.15) is 0 Å². The number of aliphatic hydroxyl groups excluding tert-OH is 1. The fourth-order valence-electron chi connectivity index (χ4n) is 4.01. The highest BCUT2D eigenvalue weighted by atomic mass is 16.5. The van der Waals surface area contributed by atoms with E-state index in [1.807, 2.05) is 36.4 Å². The Morgan fingerprint density at radius 3 is 2.57 bits per heavy atom. The van der Waals surface area contributed by atoms with Crippen LogP contribution in [0.15, 0.2) is 73.1 Å². The molecule has 0 radical (unpaired) electrons. The Kier molecular flexibility index (Phi) is 3.95. The molecule has 0 spiro atoms. The van der Waals surface area contributed by atoms with Crippen LogP contribution in [0.2, 0.25) is 0 Å². The molecule has 5 rings (SSSR count). The minimum atomic E-state index is -0.169. The highest BCUT2D eigenvalue weighted by molar-refractivity contribution is 5.90. The van der Waals surface area contributed by atoms with Crippen LogP contribution >= 0.6 is 0 Å². The Morgan fingerprint density at radius 1 is 0.964 bits per heavy atom. The quantitative estimate of drug-likeness (QED) is 0.508. The van der Waals surface area contributed by atoms with E-state index in [0.717, 1.165) is 33.2 Å². The van der Waals surface area contributed by atoms with Crippen LogP contribution in [0.1, 0.15) is 22.6 Å². The molecule has 0 amide bonds. The van der Waals surface area contributed by atoms with E-state index in [1.165, 1.54) is 0 Å². The molecule has 138 valence electrons. The zero-order chi connectivity index (χ0) is 19.1. The molecule has 1 aromatic heterocycles. The topological polar surface area (TPSA) is 71.1 Å². The maximum absolute atomic E-state index is 9.37. The van der Waals surface area contributed by atoms with Gasteiger partial charge in [-0.1, -0.05) is 60.7 Å². The average Bonchev–Trinajstić information content (AvgIpc) is 2.75. The molecule has 1 atom stereocenters. The van der Waals surface area contributed by atoms with Crippen molar-refractivity contribution in [2.45, 2.75) is 12.5 Å². The Balaban J connectivity index is 1.86. The minimum Gasteiger partial charge on any atom is -0.438 e. The first kappa shape index (κ1) is 16.7. The van der Waals surface area contributed by atoms with Crippen molar-refractivity contribution < 1.29 is 9.84 Å². The normalized spacial score (nSPS) is 15.0. The molecule has 0 aliphatic carbocycles. The Morgan fingerprint density at radius 2 is 1.75 bits per heavy atom. The predicted octanol–water partition coefficient (Wildman–Crippen LogP) is 3.79. The van der Waals surface area contributed by atoms with Gasteiger partial charge in [-0.3, -0.25) is 5.41 Å². The van der Waals surface area contributed by atoms with Gasteiger partial charge in [-0.25, -0.2) is 4.98 Å². The summed E-state index contributed by atoms with van der Waals surface area (Å²) in [5, 5.41) is 20.4. The molecule has 0 fully saturated rings. The first-order valence-corrected chi connectivity index (χ1v) is 9.27. The maximum atomic E-state index is 9.37. The van der Waals surface area contributed by atoms with E-state index in [9.17, 15) is 5.11 Å². The van der Waals surface area contributed by atoms with Gasteiger partial charge >= 0.3 is 0 Å². The third-order valence-electron chi connectivity index (χ3n) is 5.28. The van der Waals surface area contributed by atoms with Crippen molar-refractivity contribution in [3.8, 4) is 11.6 Å². The molecule has 3 aromatic carbocycles. The molecule has 2 N–H and O–H groups in total. The Labute approximate surface area is 162 Å². The van der Waals surface area contributed by atoms with Crippen molar-refractivity contribution in [1.29, 1.82) is 5.41 Å². The summed E-state index contributed by atoms with van der Waals surface area (Å²) >= 11 is 0. The lowest BCUT2D eigenvalue weighted by Gasteiger charge is -2.29. The lowest BCUT2D eigenvalue weighted by Crippen LogP contribution is -2.30. The predicted molar refractivity (Wildman–Crippen MR) is 107 cm³/mol. The molecule has 1 unspecified atom stereocenters. The van der Waals surface area contributed by atoms with Gasteiger partial charge in [0.15, 0.2) is 0 Å². The van der Waals surface area contributed by atoms with E-state index in [1.54, 1.807) is 10.9 Å². The summed E-state index contributed by atoms with van der Waals surface area (Å²) in [7, 11) is 0. The fraction of sp³-hybridized carbons (Fsp3) is 0.130. The summed E-state index contributed by atoms with van der Waals surface area (Å²) < 4.78 is 7.81. The summed E-state index contributed by atoms with van der Waals surface area (Å²) in [6.45, 7) is 0.274. The Hall–Kier alpha value is -3.44. The van der Waals surface area contributed by atoms with E-state index in [0.29, 0.717) is 17.9 Å². The van der Waals surface area contributed by atoms with Gasteiger partial charge in [0.05, 0.1) is 12.2 Å². The zero-order valence-electron chi connectivity index (χ0n) is 15.2. The van der Waals surface area contributed by atoms with Crippen LogP contribution in [0.25, 0.3) is 10.8 Å². The van der Waals surface area contributed by atoms with Crippen molar-refractivity contribution >= 4 is 10.8 Å². The van der Waals surface area contributed by atoms with Crippen LogP contribution in [-0.4, -0.2) is 21.3 Å². The van der Waals surface area contributed by atoms with Crippen molar-refractivity contribution in [1.82, 2.24) is 9.55 Å². The van der Waals surface area contributed by atoms with Gasteiger partial charge in [-0.05, 0) is 22.4 Å². The van der Waals surface area contributed by atoms with E-state index in [2.05, 4.69) is 35.3 Å². The minimum absolute atomic E-state index is 0.0482. The standard InChI is InChI=1S/C23H19N3O2/c24-22-21-19(16-7-2-1-3-8-16)20-17-9-5-4-6-15(17)10-11-18(20)28-23(21)25-14-26(22)12-13-27/h1-11,14,19,24,27H,12-13H2. The fourth-order valence-corrected chi connectivity index (χ4v) is 4.01. The first-order chi connectivity index (χ1) is 13.8. The van der Waals surface area contributed by atoms with Crippen LogP contribution in [0, 0.1) is 5.41 Å². The van der Waals surface area contributed by atoms with Gasteiger partial charge in [0.1, 0.15) is 17.6 Å². The number of ether oxygens (including phenoxy) is 1. The second-order valence-corrected chi connectivity index (χ2v) is 6.87. The van der Waals surface area contributed by atoms with Gasteiger partial charge in [0.25, 0.3) is 0 Å². The van der Waals surface area contributed by atoms with E-state index in [4.69, 9.17) is 10.1 Å². The number of nitrogens with one attached hydrogen (secondary N) is 1. The molecule has 1 aliphatic rings. The molecule has 2 heterocycles. The van der Waals surface area contributed by atoms with Gasteiger partial charge in [0, 0.05) is 18.0 Å². The highest BCUT2D eigenvalue weighted by Gasteiger charge is 2.33. The maximum Gasteiger partial charge on any atom is 0.228 e. The van der Waals surface area contributed by atoms with Crippen LogP contribution in [-0.2, 0) is 6.54 Å². The molecule has 5 nitrogen and oxygen atoms in total. The number of fused-ring (bicyclic) bond motifs is 4. The lowest BCUT2D eigenvalue weighted by atomic mass is 9.81. The van der Waals surface area contributed by atoms with Crippen LogP contribution in [0.5, 0.6) is 11.6 Å². The molecular formula is C23H19N3O2. The number of nitrogens with zero attached hydrogens (tertiary/aromatic N) is 2. The summed E-state index contributed by atoms with van der Waals surface area (Å²) in [6.07, 6.45) is 1.56. The number of hydrogen-bond acceptors (Lipinski definition) is 4.